The molecule has 8 rings (SSSR count). The van der Waals surface area contributed by atoms with Crippen LogP contribution in [-0.4, -0.2) is 137 Å². The minimum absolute atomic E-state index is 0.0741. The van der Waals surface area contributed by atoms with Crippen molar-refractivity contribution in [2.45, 2.75) is 129 Å². The highest BCUT2D eigenvalue weighted by Gasteiger charge is 2.51. The Morgan fingerprint density at radius 3 is 2.47 bits per heavy atom. The summed E-state index contributed by atoms with van der Waals surface area (Å²) >= 11 is 0. The van der Waals surface area contributed by atoms with Crippen LogP contribution in [0, 0.1) is 28.6 Å². The lowest BCUT2D eigenvalue weighted by Crippen LogP contribution is -2.62. The standard InChI is InChI=1S/C58H73F3N8O6/c1-36(2)50(67-28-24-57(38(67)4)23-27-66(33-57)48(70)21-22-56(7,8)65(9)10)52(71)63-46-30-39-15-12-16-40(29-39)41-19-20-47-43(31-41)44(32-55(5,6)35-75-54(73)45-18-14-26-69(64-45)53(46)72)51(68(47)34-58(59,60)61)42-17-13-25-62-49(42)37(3)74-11/h12-13,15-17,19-20,25,29,31,36-37,45-46,50,64H,4,14,18,23-24,26-28,30,32-35H2,1-3,5-11H3,(H,63,71)/t37-,45-,46-,50-,57-/m0/s1. The van der Waals surface area contributed by atoms with Gasteiger partial charge in [0.2, 0.25) is 5.91 Å². The molecule has 0 unspecified atom stereocenters. The highest BCUT2D eigenvalue weighted by Crippen LogP contribution is 2.48. The number of fused-ring (bicyclic) bond motifs is 6. The Morgan fingerprint density at radius 2 is 1.76 bits per heavy atom. The van der Waals surface area contributed by atoms with Gasteiger partial charge in [-0.15, -0.1) is 0 Å². The molecule has 0 saturated carbocycles. The van der Waals surface area contributed by atoms with Crippen LogP contribution in [-0.2, 0) is 48.0 Å². The first-order chi connectivity index (χ1) is 35.3. The highest BCUT2D eigenvalue weighted by molar-refractivity contribution is 5.96. The summed E-state index contributed by atoms with van der Waals surface area (Å²) in [5, 5.41) is 5.18. The van der Waals surface area contributed by atoms with Gasteiger partial charge in [0.1, 0.15) is 24.7 Å². The number of rotatable bonds is 9. The Hall–Kier alpha value is -6.22. The summed E-state index contributed by atoms with van der Waals surface area (Å²) in [6.45, 7) is 18.5. The van der Waals surface area contributed by atoms with Crippen LogP contribution in [0.25, 0.3) is 33.3 Å². The third-order valence-corrected chi connectivity index (χ3v) is 15.9. The summed E-state index contributed by atoms with van der Waals surface area (Å²) in [6.07, 6.45) is -0.962. The zero-order valence-electron chi connectivity index (χ0n) is 45.1. The zero-order chi connectivity index (χ0) is 54.4. The normalized spacial score (nSPS) is 22.3. The molecule has 75 heavy (non-hydrogen) atoms. The maximum atomic E-state index is 15.0. The molecule has 6 bridgehead atoms. The topological polar surface area (TPSA) is 142 Å². The van der Waals surface area contributed by atoms with Crippen LogP contribution in [0.1, 0.15) is 97.1 Å². The average molecular weight is 1040 g/mol. The van der Waals surface area contributed by atoms with Gasteiger partial charge in [-0.1, -0.05) is 70.5 Å². The van der Waals surface area contributed by atoms with Crippen molar-refractivity contribution in [3.05, 3.63) is 89.9 Å². The number of benzene rings is 2. The minimum atomic E-state index is -4.58. The summed E-state index contributed by atoms with van der Waals surface area (Å²) in [6, 6.07) is 13.9. The average Bonchev–Trinajstić information content (AvgIpc) is 4.04. The van der Waals surface area contributed by atoms with Crippen molar-refractivity contribution < 1.29 is 41.8 Å². The number of alkyl halides is 3. The largest absolute Gasteiger partial charge is 0.464 e. The van der Waals surface area contributed by atoms with Crippen LogP contribution in [0.3, 0.4) is 0 Å². The van der Waals surface area contributed by atoms with Crippen molar-refractivity contribution >= 4 is 34.6 Å². The molecule has 3 fully saturated rings. The molecule has 2 N–H and O–H groups in total. The van der Waals surface area contributed by atoms with E-state index in [1.54, 1.807) is 42.3 Å². The fourth-order valence-corrected chi connectivity index (χ4v) is 11.2. The van der Waals surface area contributed by atoms with Crippen molar-refractivity contribution in [3.63, 3.8) is 0 Å². The van der Waals surface area contributed by atoms with Crippen molar-refractivity contribution in [2.75, 3.05) is 54.0 Å². The molecule has 4 aromatic rings. The second-order valence-electron chi connectivity index (χ2n) is 22.8. The molecule has 0 radical (unpaired) electrons. The number of aromatic nitrogens is 2. The van der Waals surface area contributed by atoms with E-state index in [0.29, 0.717) is 78.7 Å². The van der Waals surface area contributed by atoms with E-state index in [1.807, 2.05) is 95.8 Å². The molecule has 5 atom stereocenters. The zero-order valence-corrected chi connectivity index (χ0v) is 45.1. The second-order valence-corrected chi connectivity index (χ2v) is 22.8. The number of esters is 1. The number of pyridine rings is 1. The van der Waals surface area contributed by atoms with Gasteiger partial charge in [0.25, 0.3) is 11.8 Å². The summed E-state index contributed by atoms with van der Waals surface area (Å²) in [5.41, 5.74) is 6.79. The third-order valence-electron chi connectivity index (χ3n) is 15.9. The van der Waals surface area contributed by atoms with E-state index in [4.69, 9.17) is 9.47 Å². The van der Waals surface area contributed by atoms with Gasteiger partial charge >= 0.3 is 12.1 Å². The molecule has 17 heteroatoms. The van der Waals surface area contributed by atoms with E-state index in [1.165, 1.54) is 16.7 Å². The summed E-state index contributed by atoms with van der Waals surface area (Å²) in [5.74, 6) is 4.19. The van der Waals surface area contributed by atoms with E-state index in [2.05, 4.69) is 34.1 Å². The second kappa shape index (κ2) is 21.4. The van der Waals surface area contributed by atoms with Crippen LogP contribution in [0.5, 0.6) is 0 Å². The number of hydrogen-bond acceptors (Lipinski definition) is 10. The SMILES string of the molecule is C=C1N([C@H](C(=O)N[C@H]2Cc3cccc(c3)-c3ccc4c(c3)c(c(-c3cccnc3[C@H](C)OC)n4CC(F)(F)F)CC(C)(C)COC(=O)[C@@H]3CCCN(N3)C2=O)C(C)C)CC[C@]12CCN(C(=O)C#CC(C)(C)N(C)C)C2. The number of carbonyl (C=O) groups excluding carboxylic acids is 4. The first kappa shape index (κ1) is 55.0. The number of likely N-dealkylation sites (tertiary alicyclic amines) is 2. The molecule has 402 valence electrons. The van der Waals surface area contributed by atoms with Crippen molar-refractivity contribution in [3.8, 4) is 34.2 Å². The molecule has 1 spiro atoms. The van der Waals surface area contributed by atoms with Crippen LogP contribution in [0.2, 0.25) is 0 Å². The predicted octanol–water partition coefficient (Wildman–Crippen LogP) is 8.09. The van der Waals surface area contributed by atoms with Crippen LogP contribution in [0.15, 0.2) is 73.1 Å². The Balaban J connectivity index is 1.16. The van der Waals surface area contributed by atoms with Gasteiger partial charge in [0, 0.05) is 78.9 Å². The third kappa shape index (κ3) is 11.6. The number of hydrogen-bond donors (Lipinski definition) is 2. The van der Waals surface area contributed by atoms with Gasteiger partial charge in [0.15, 0.2) is 0 Å². The lowest BCUT2D eigenvalue weighted by atomic mass is 9.83. The number of carbonyl (C=O) groups is 4. The van der Waals surface area contributed by atoms with Crippen molar-refractivity contribution in [1.29, 1.82) is 0 Å². The van der Waals surface area contributed by atoms with E-state index < -0.39 is 65.2 Å². The van der Waals surface area contributed by atoms with E-state index >= 15 is 0 Å². The predicted molar refractivity (Wildman–Crippen MR) is 282 cm³/mol. The lowest BCUT2D eigenvalue weighted by molar-refractivity contribution is -0.155. The molecule has 4 aliphatic rings. The van der Waals surface area contributed by atoms with Gasteiger partial charge in [0.05, 0.1) is 29.6 Å². The van der Waals surface area contributed by atoms with Gasteiger partial charge < -0.3 is 29.2 Å². The Kier molecular flexibility index (Phi) is 15.7. The number of amides is 3. The minimum Gasteiger partial charge on any atom is -0.464 e. The van der Waals surface area contributed by atoms with Gasteiger partial charge in [-0.05, 0) is 125 Å². The number of nitrogens with one attached hydrogen (secondary N) is 2. The molecule has 3 amide bonds. The maximum absolute atomic E-state index is 15.0. The molecule has 3 saturated heterocycles. The number of ether oxygens (including phenoxy) is 2. The van der Waals surface area contributed by atoms with E-state index in [0.717, 1.165) is 22.4 Å². The molecule has 2 aromatic heterocycles. The molecule has 4 aliphatic heterocycles. The lowest BCUT2D eigenvalue weighted by Gasteiger charge is -2.38. The number of methoxy groups -OCH3 is 1. The fraction of sp³-hybridized carbons (Fsp3) is 0.534. The smallest absolute Gasteiger partial charge is 0.406 e. The van der Waals surface area contributed by atoms with Crippen LogP contribution < -0.4 is 10.7 Å². The maximum Gasteiger partial charge on any atom is 0.406 e. The van der Waals surface area contributed by atoms with Crippen molar-refractivity contribution in [2.24, 2.45) is 16.7 Å². The molecule has 14 nitrogen and oxygen atoms in total. The van der Waals surface area contributed by atoms with Crippen LogP contribution in [0.4, 0.5) is 13.2 Å². The number of cyclic esters (lactones) is 1. The summed E-state index contributed by atoms with van der Waals surface area (Å²) < 4.78 is 57.4. The highest BCUT2D eigenvalue weighted by atomic mass is 19.4. The number of hydrazine groups is 1. The monoisotopic (exact) mass is 1030 g/mol. The van der Waals surface area contributed by atoms with Gasteiger partial charge in [-0.3, -0.25) is 34.1 Å². The Labute approximate surface area is 439 Å². The van der Waals surface area contributed by atoms with E-state index in [-0.39, 0.29) is 43.7 Å². The Morgan fingerprint density at radius 1 is 1.03 bits per heavy atom. The first-order valence-electron chi connectivity index (χ1n) is 26.1. The molecule has 0 aliphatic carbocycles. The molecule has 2 aromatic carbocycles. The Bertz CT molecular complexity index is 2920. The first-order valence-corrected chi connectivity index (χ1v) is 26.1. The quantitative estimate of drug-likeness (QED) is 0.125. The fourth-order valence-electron chi connectivity index (χ4n) is 11.2. The van der Waals surface area contributed by atoms with Crippen molar-refractivity contribution in [1.82, 2.24) is 40.0 Å². The molecule has 6 heterocycles. The van der Waals surface area contributed by atoms with Gasteiger partial charge in [-0.25, -0.2) is 5.43 Å². The van der Waals surface area contributed by atoms with Gasteiger partial charge in [-0.2, -0.15) is 13.2 Å². The number of nitrogens with zero attached hydrogens (tertiary/aromatic N) is 6. The summed E-state index contributed by atoms with van der Waals surface area (Å²) in [7, 11) is 5.37. The van der Waals surface area contributed by atoms with E-state index in [9.17, 15) is 32.3 Å². The molecular weight excluding hydrogens is 962 g/mol. The number of halogens is 3. The molecular formula is C58H73F3N8O6. The summed E-state index contributed by atoms with van der Waals surface area (Å²) in [4.78, 5) is 67.7. The van der Waals surface area contributed by atoms with Crippen LogP contribution >= 0.6 is 0 Å².